The second-order valence-electron chi connectivity index (χ2n) is 11.2. The van der Waals surface area contributed by atoms with Crippen LogP contribution in [0.3, 0.4) is 0 Å². The maximum absolute atomic E-state index is 6.57. The summed E-state index contributed by atoms with van der Waals surface area (Å²) in [6.45, 7) is 2.21. The van der Waals surface area contributed by atoms with Crippen LogP contribution in [0.4, 0.5) is 0 Å². The second-order valence-corrected chi connectivity index (χ2v) is 11.2. The highest BCUT2D eigenvalue weighted by atomic mass is 16.5. The molecule has 1 atom stereocenters. The monoisotopic (exact) mass is 498 g/mol. The number of para-hydroxylation sites is 1. The van der Waals surface area contributed by atoms with Crippen molar-refractivity contribution in [3.63, 3.8) is 0 Å². The van der Waals surface area contributed by atoms with E-state index in [2.05, 4.69) is 128 Å². The van der Waals surface area contributed by atoms with Crippen molar-refractivity contribution < 1.29 is 4.74 Å². The van der Waals surface area contributed by atoms with Crippen LogP contribution in [-0.2, 0) is 5.41 Å². The first kappa shape index (κ1) is 21.3. The molecular weight excluding hydrogens is 472 g/mol. The van der Waals surface area contributed by atoms with Crippen LogP contribution in [0.1, 0.15) is 39.8 Å². The number of aryl methyl sites for hydroxylation is 1. The summed E-state index contributed by atoms with van der Waals surface area (Å²) in [5, 5.41) is 0. The molecule has 184 valence electrons. The number of hydrogen-bond donors (Lipinski definition) is 0. The summed E-state index contributed by atoms with van der Waals surface area (Å²) in [5.41, 5.74) is 16.8. The van der Waals surface area contributed by atoms with E-state index in [0.29, 0.717) is 0 Å². The molecule has 1 heterocycles. The Morgan fingerprint density at radius 1 is 0.615 bits per heavy atom. The molecule has 4 aliphatic rings. The van der Waals surface area contributed by atoms with Gasteiger partial charge in [-0.15, -0.1) is 0 Å². The van der Waals surface area contributed by atoms with Crippen LogP contribution >= 0.6 is 0 Å². The Hall–Kier alpha value is -4.62. The first-order valence-electron chi connectivity index (χ1n) is 13.9. The molecule has 0 fully saturated rings. The number of fused-ring (bicyclic) bond motifs is 13. The zero-order valence-corrected chi connectivity index (χ0v) is 21.7. The summed E-state index contributed by atoms with van der Waals surface area (Å²) in [5.74, 6) is 1.02. The van der Waals surface area contributed by atoms with E-state index < -0.39 is 0 Å². The molecule has 0 saturated carbocycles. The van der Waals surface area contributed by atoms with Gasteiger partial charge < -0.3 is 4.74 Å². The van der Waals surface area contributed by atoms with Gasteiger partial charge in [-0.05, 0) is 63.1 Å². The summed E-state index contributed by atoms with van der Waals surface area (Å²) < 4.78 is 6.57. The highest BCUT2D eigenvalue weighted by Gasteiger charge is 2.51. The van der Waals surface area contributed by atoms with Gasteiger partial charge in [0.15, 0.2) is 0 Å². The van der Waals surface area contributed by atoms with Crippen LogP contribution in [0.5, 0.6) is 5.75 Å². The third kappa shape index (κ3) is 2.60. The van der Waals surface area contributed by atoms with Crippen molar-refractivity contribution in [3.8, 4) is 39.1 Å². The van der Waals surface area contributed by atoms with Crippen LogP contribution in [0, 0.1) is 6.92 Å². The van der Waals surface area contributed by atoms with E-state index in [4.69, 9.17) is 4.74 Å². The van der Waals surface area contributed by atoms with Gasteiger partial charge in [-0.3, -0.25) is 0 Å². The van der Waals surface area contributed by atoms with Crippen molar-refractivity contribution in [2.75, 3.05) is 0 Å². The third-order valence-electron chi connectivity index (χ3n) is 9.25. The van der Waals surface area contributed by atoms with Gasteiger partial charge in [-0.1, -0.05) is 121 Å². The molecule has 0 bridgehead atoms. The molecule has 1 unspecified atom stereocenters. The van der Waals surface area contributed by atoms with Gasteiger partial charge in [0.05, 0.1) is 5.41 Å². The third-order valence-corrected chi connectivity index (χ3v) is 9.25. The molecule has 0 saturated heterocycles. The van der Waals surface area contributed by atoms with Crippen molar-refractivity contribution in [3.05, 3.63) is 155 Å². The topological polar surface area (TPSA) is 9.23 Å². The number of allylic oxidation sites excluding steroid dienone is 2. The standard InChI is InChI=1S/C38H26O/c1-23-17-19-28-31-22-24(25-12-8-13-30-29-11-4-7-16-36(29)39-37(25)30)18-20-34(31)38(35(28)21-23)32-14-5-2-9-26(32)27-10-3-6-15-33(27)38/h2-15,17-22,36H,16H2,1H3. The molecular formula is C38H26O. The fourth-order valence-corrected chi connectivity index (χ4v) is 7.67. The first-order chi connectivity index (χ1) is 19.2. The Morgan fingerprint density at radius 2 is 1.31 bits per heavy atom. The average molecular weight is 499 g/mol. The Kier molecular flexibility index (Phi) is 4.09. The van der Waals surface area contributed by atoms with E-state index in [1.165, 1.54) is 72.3 Å². The zero-order valence-electron chi connectivity index (χ0n) is 21.7. The van der Waals surface area contributed by atoms with Crippen molar-refractivity contribution in [2.24, 2.45) is 0 Å². The maximum atomic E-state index is 6.57. The largest absolute Gasteiger partial charge is 0.484 e. The van der Waals surface area contributed by atoms with Gasteiger partial charge in [0, 0.05) is 23.1 Å². The molecule has 0 N–H and O–H groups in total. The number of hydrogen-bond acceptors (Lipinski definition) is 1. The van der Waals surface area contributed by atoms with Gasteiger partial charge in [0.1, 0.15) is 11.9 Å². The number of benzene rings is 5. The lowest BCUT2D eigenvalue weighted by atomic mass is 9.70. The summed E-state index contributed by atoms with van der Waals surface area (Å²) in [6, 6.07) is 38.7. The van der Waals surface area contributed by atoms with Crippen LogP contribution in [0.15, 0.2) is 121 Å². The van der Waals surface area contributed by atoms with E-state index in [0.717, 1.165) is 12.2 Å². The highest BCUT2D eigenvalue weighted by molar-refractivity contribution is 5.97. The van der Waals surface area contributed by atoms with E-state index in [1.807, 2.05) is 0 Å². The lowest BCUT2D eigenvalue weighted by Crippen LogP contribution is -2.25. The van der Waals surface area contributed by atoms with Crippen LogP contribution < -0.4 is 4.74 Å². The van der Waals surface area contributed by atoms with E-state index in [1.54, 1.807) is 0 Å². The molecule has 1 nitrogen and oxygen atoms in total. The molecule has 1 aliphatic heterocycles. The van der Waals surface area contributed by atoms with Crippen molar-refractivity contribution in [1.82, 2.24) is 0 Å². The van der Waals surface area contributed by atoms with Crippen LogP contribution in [0.2, 0.25) is 0 Å². The molecule has 1 heteroatoms. The van der Waals surface area contributed by atoms with Gasteiger partial charge in [0.2, 0.25) is 0 Å². The number of rotatable bonds is 1. The molecule has 1 spiro atoms. The van der Waals surface area contributed by atoms with E-state index in [9.17, 15) is 0 Å². The normalized spacial score (nSPS) is 18.0. The summed E-state index contributed by atoms with van der Waals surface area (Å²) >= 11 is 0. The van der Waals surface area contributed by atoms with Crippen LogP contribution in [-0.4, -0.2) is 6.10 Å². The van der Waals surface area contributed by atoms with Crippen LogP contribution in [0.25, 0.3) is 39.0 Å². The van der Waals surface area contributed by atoms with Crippen molar-refractivity contribution in [1.29, 1.82) is 0 Å². The van der Waals surface area contributed by atoms with E-state index in [-0.39, 0.29) is 11.5 Å². The summed E-state index contributed by atoms with van der Waals surface area (Å²) in [6.07, 6.45) is 7.62. The summed E-state index contributed by atoms with van der Waals surface area (Å²) in [7, 11) is 0. The molecule has 39 heavy (non-hydrogen) atoms. The minimum Gasteiger partial charge on any atom is -0.484 e. The van der Waals surface area contributed by atoms with Crippen molar-refractivity contribution in [2.45, 2.75) is 24.9 Å². The predicted molar refractivity (Wildman–Crippen MR) is 159 cm³/mol. The minimum atomic E-state index is -0.303. The quantitative estimate of drug-likeness (QED) is 0.219. The predicted octanol–water partition coefficient (Wildman–Crippen LogP) is 9.11. The Morgan fingerprint density at radius 3 is 2.13 bits per heavy atom. The zero-order chi connectivity index (χ0) is 25.7. The van der Waals surface area contributed by atoms with Gasteiger partial charge in [-0.2, -0.15) is 0 Å². The summed E-state index contributed by atoms with van der Waals surface area (Å²) in [4.78, 5) is 0. The maximum Gasteiger partial charge on any atom is 0.135 e. The number of ether oxygens (including phenoxy) is 1. The van der Waals surface area contributed by atoms with Crippen molar-refractivity contribution >= 4 is 5.57 Å². The molecule has 0 aromatic heterocycles. The Balaban J connectivity index is 1.32. The highest BCUT2D eigenvalue weighted by Crippen LogP contribution is 2.63. The molecule has 0 amide bonds. The lowest BCUT2D eigenvalue weighted by Gasteiger charge is -2.30. The fraction of sp³-hybridized carbons (Fsp3) is 0.105. The lowest BCUT2D eigenvalue weighted by molar-refractivity contribution is 0.280. The molecule has 3 aliphatic carbocycles. The van der Waals surface area contributed by atoms with Gasteiger partial charge in [-0.25, -0.2) is 0 Å². The minimum absolute atomic E-state index is 0.124. The Labute approximate surface area is 228 Å². The fourth-order valence-electron chi connectivity index (χ4n) is 7.67. The molecule has 0 radical (unpaired) electrons. The second kappa shape index (κ2) is 7.48. The van der Waals surface area contributed by atoms with E-state index >= 15 is 0 Å². The first-order valence-corrected chi connectivity index (χ1v) is 13.9. The van der Waals surface area contributed by atoms with Gasteiger partial charge in [0.25, 0.3) is 0 Å². The van der Waals surface area contributed by atoms with Gasteiger partial charge >= 0.3 is 0 Å². The molecule has 5 aromatic carbocycles. The smallest absolute Gasteiger partial charge is 0.135 e. The molecule has 5 aromatic rings. The SMILES string of the molecule is Cc1ccc2c(c1)C1(c3ccccc3-c3ccccc31)c1ccc(-c3cccc4c3OC3CC=CC=C43)cc1-2. The Bertz CT molecular complexity index is 1890. The average Bonchev–Trinajstić information content (AvgIpc) is 3.60. The molecule has 9 rings (SSSR count).